The van der Waals surface area contributed by atoms with Gasteiger partial charge in [-0.1, -0.05) is 24.3 Å². The van der Waals surface area contributed by atoms with Crippen molar-refractivity contribution in [3.63, 3.8) is 0 Å². The van der Waals surface area contributed by atoms with Crippen LogP contribution in [0.15, 0.2) is 46.3 Å². The highest BCUT2D eigenvalue weighted by Gasteiger charge is 2.24. The summed E-state index contributed by atoms with van der Waals surface area (Å²) in [5, 5.41) is 5.33. The van der Waals surface area contributed by atoms with E-state index >= 15 is 0 Å². The summed E-state index contributed by atoms with van der Waals surface area (Å²) in [6.07, 6.45) is 1.26. The van der Waals surface area contributed by atoms with Gasteiger partial charge in [-0.05, 0) is 6.07 Å². The van der Waals surface area contributed by atoms with Crippen LogP contribution < -0.4 is 11.2 Å². The molecule has 5 rings (SSSR count). The molecule has 0 saturated heterocycles. The van der Waals surface area contributed by atoms with Crippen molar-refractivity contribution >= 4 is 54.2 Å². The summed E-state index contributed by atoms with van der Waals surface area (Å²) in [7, 11) is -4.66. The highest BCUT2D eigenvalue weighted by atomic mass is 32.2. The van der Waals surface area contributed by atoms with Crippen molar-refractivity contribution in [3.05, 3.63) is 46.9 Å². The normalized spacial score (nSPS) is 12.7. The lowest BCUT2D eigenvalue weighted by atomic mass is 9.99. The van der Waals surface area contributed by atoms with Crippen molar-refractivity contribution in [2.45, 2.75) is 4.90 Å². The first kappa shape index (κ1) is 14.9. The van der Waals surface area contributed by atoms with Crippen LogP contribution in [0, 0.1) is 0 Å². The van der Waals surface area contributed by atoms with Crippen molar-refractivity contribution in [2.75, 3.05) is 5.73 Å². The third kappa shape index (κ3) is 1.74. The molecule has 0 aliphatic carbocycles. The maximum Gasteiger partial charge on any atom is 0.296 e. The highest BCUT2D eigenvalue weighted by molar-refractivity contribution is 7.86. The van der Waals surface area contributed by atoms with E-state index in [1.54, 1.807) is 24.3 Å². The molecule has 0 bridgehead atoms. The van der Waals surface area contributed by atoms with Crippen LogP contribution in [0.3, 0.4) is 0 Å². The summed E-state index contributed by atoms with van der Waals surface area (Å²) in [5.41, 5.74) is 5.95. The number of nitrogen functional groups attached to an aromatic ring is 1. The van der Waals surface area contributed by atoms with Gasteiger partial charge in [0.05, 0.1) is 22.1 Å². The van der Waals surface area contributed by atoms with Gasteiger partial charge in [-0.25, -0.2) is 4.98 Å². The van der Waals surface area contributed by atoms with E-state index in [2.05, 4.69) is 15.1 Å². The Morgan fingerprint density at radius 1 is 1.12 bits per heavy atom. The van der Waals surface area contributed by atoms with Crippen LogP contribution in [0.1, 0.15) is 0 Å². The number of nitrogens with two attached hydrogens (primary N) is 1. The predicted octanol–water partition coefficient (Wildman–Crippen LogP) is 1.21. The standard InChI is InChI=1S/C16H9N5O4S/c17-13-10(26(23,24)25)5-9-11-12(13)15(22)8-4-2-1-3-7(8)14(11)20-16-18-6-19-21(9)16/h1-6H,17H2,(H,23,24,25). The largest absolute Gasteiger partial charge is 0.397 e. The Kier molecular flexibility index (Phi) is 2.65. The summed E-state index contributed by atoms with van der Waals surface area (Å²) >= 11 is 0. The van der Waals surface area contributed by atoms with E-state index < -0.39 is 20.4 Å². The Bertz CT molecular complexity index is 1540. The maximum absolute atomic E-state index is 13.0. The molecule has 3 N–H and O–H groups in total. The van der Waals surface area contributed by atoms with Gasteiger partial charge in [-0.15, -0.1) is 0 Å². The molecule has 2 heterocycles. The molecule has 0 saturated carbocycles. The van der Waals surface area contributed by atoms with Gasteiger partial charge in [-0.3, -0.25) is 9.35 Å². The van der Waals surface area contributed by atoms with Gasteiger partial charge < -0.3 is 5.73 Å². The smallest absolute Gasteiger partial charge is 0.296 e. The van der Waals surface area contributed by atoms with Crippen molar-refractivity contribution in [1.82, 2.24) is 19.6 Å². The average Bonchev–Trinajstić information content (AvgIpc) is 3.07. The molecule has 0 radical (unpaired) electrons. The monoisotopic (exact) mass is 367 g/mol. The lowest BCUT2D eigenvalue weighted by molar-refractivity contribution is 0.484. The molecule has 0 spiro atoms. The second kappa shape index (κ2) is 4.62. The number of hydrogen-bond acceptors (Lipinski definition) is 7. The molecular weight excluding hydrogens is 358 g/mol. The second-order valence-electron chi connectivity index (χ2n) is 5.84. The van der Waals surface area contributed by atoms with Gasteiger partial charge in [0.15, 0.2) is 5.43 Å². The fourth-order valence-electron chi connectivity index (χ4n) is 3.37. The topological polar surface area (TPSA) is 141 Å². The number of aromatic nitrogens is 4. The summed E-state index contributed by atoms with van der Waals surface area (Å²) in [4.78, 5) is 21.0. The zero-order valence-corrected chi connectivity index (χ0v) is 13.7. The molecule has 0 fully saturated rings. The molecule has 128 valence electrons. The van der Waals surface area contributed by atoms with E-state index in [4.69, 9.17) is 5.73 Å². The molecule has 0 amide bonds. The first-order valence-corrected chi connectivity index (χ1v) is 8.89. The second-order valence-corrected chi connectivity index (χ2v) is 7.23. The molecule has 0 aliphatic rings. The minimum absolute atomic E-state index is 0.0197. The molecule has 2 aromatic heterocycles. The number of benzene rings is 3. The van der Waals surface area contributed by atoms with E-state index in [0.29, 0.717) is 21.7 Å². The molecule has 5 aromatic rings. The van der Waals surface area contributed by atoms with E-state index in [-0.39, 0.29) is 22.4 Å². The van der Waals surface area contributed by atoms with Crippen molar-refractivity contribution in [3.8, 4) is 0 Å². The number of anilines is 1. The Morgan fingerprint density at radius 2 is 1.85 bits per heavy atom. The molecule has 0 atom stereocenters. The summed E-state index contributed by atoms with van der Waals surface area (Å²) in [5.74, 6) is 0.230. The van der Waals surface area contributed by atoms with Crippen LogP contribution in [0.4, 0.5) is 5.69 Å². The van der Waals surface area contributed by atoms with Crippen LogP contribution in [-0.4, -0.2) is 32.6 Å². The van der Waals surface area contributed by atoms with Gasteiger partial charge >= 0.3 is 0 Å². The molecule has 26 heavy (non-hydrogen) atoms. The quantitative estimate of drug-likeness (QED) is 0.195. The van der Waals surface area contributed by atoms with E-state index in [9.17, 15) is 17.8 Å². The Hall–Kier alpha value is -3.37. The van der Waals surface area contributed by atoms with Crippen LogP contribution in [0.25, 0.3) is 38.4 Å². The minimum atomic E-state index is -4.66. The third-order valence-electron chi connectivity index (χ3n) is 4.45. The lowest BCUT2D eigenvalue weighted by Crippen LogP contribution is -2.12. The number of hydrogen-bond donors (Lipinski definition) is 2. The molecule has 0 unspecified atom stereocenters. The molecule has 3 aromatic carbocycles. The first-order chi connectivity index (χ1) is 12.4. The molecule has 10 heteroatoms. The lowest BCUT2D eigenvalue weighted by Gasteiger charge is -2.13. The Morgan fingerprint density at radius 3 is 2.58 bits per heavy atom. The summed E-state index contributed by atoms with van der Waals surface area (Å²) < 4.78 is 34.5. The fraction of sp³-hybridized carbons (Fsp3) is 0. The van der Waals surface area contributed by atoms with Crippen molar-refractivity contribution < 1.29 is 13.0 Å². The van der Waals surface area contributed by atoms with E-state index in [1.165, 1.54) is 16.9 Å². The van der Waals surface area contributed by atoms with Gasteiger partial charge in [0.1, 0.15) is 11.2 Å². The van der Waals surface area contributed by atoms with E-state index in [1.807, 2.05) is 0 Å². The Labute approximate surface area is 144 Å². The van der Waals surface area contributed by atoms with Crippen LogP contribution in [0.5, 0.6) is 0 Å². The highest BCUT2D eigenvalue weighted by Crippen LogP contribution is 2.36. The van der Waals surface area contributed by atoms with Crippen LogP contribution in [-0.2, 0) is 10.1 Å². The van der Waals surface area contributed by atoms with Gasteiger partial charge in [-0.2, -0.15) is 23.0 Å². The van der Waals surface area contributed by atoms with Crippen molar-refractivity contribution in [1.29, 1.82) is 0 Å². The van der Waals surface area contributed by atoms with Gasteiger partial charge in [0.25, 0.3) is 15.9 Å². The van der Waals surface area contributed by atoms with Gasteiger partial charge in [0, 0.05) is 16.2 Å². The predicted molar refractivity (Wildman–Crippen MR) is 95.0 cm³/mol. The Balaban J connectivity index is 2.27. The van der Waals surface area contributed by atoms with E-state index in [0.717, 1.165) is 0 Å². The maximum atomic E-state index is 13.0. The van der Waals surface area contributed by atoms with Crippen LogP contribution >= 0.6 is 0 Å². The fourth-order valence-corrected chi connectivity index (χ4v) is 4.01. The third-order valence-corrected chi connectivity index (χ3v) is 5.34. The van der Waals surface area contributed by atoms with Crippen LogP contribution in [0.2, 0.25) is 0 Å². The molecular formula is C16H9N5O4S. The summed E-state index contributed by atoms with van der Waals surface area (Å²) in [6, 6.07) is 8.00. The van der Waals surface area contributed by atoms with Gasteiger partial charge in [0.2, 0.25) is 0 Å². The first-order valence-electron chi connectivity index (χ1n) is 7.45. The number of rotatable bonds is 1. The number of nitrogens with zero attached hydrogens (tertiary/aromatic N) is 4. The summed E-state index contributed by atoms with van der Waals surface area (Å²) in [6.45, 7) is 0. The number of fused-ring (bicyclic) bond motifs is 4. The zero-order chi connectivity index (χ0) is 18.2. The minimum Gasteiger partial charge on any atom is -0.397 e. The SMILES string of the molecule is Nc1c(S(=O)(=O)O)cc2c3c1c(=O)c1ccccc1c3nc1ncnn12. The average molecular weight is 367 g/mol. The van der Waals surface area contributed by atoms with Crippen molar-refractivity contribution in [2.24, 2.45) is 0 Å². The molecule has 0 aliphatic heterocycles. The zero-order valence-electron chi connectivity index (χ0n) is 12.9. The molecule has 9 nitrogen and oxygen atoms in total.